The lowest BCUT2D eigenvalue weighted by molar-refractivity contribution is 0.292. The minimum absolute atomic E-state index is 0.189. The van der Waals surface area contributed by atoms with Gasteiger partial charge >= 0.3 is 0 Å². The van der Waals surface area contributed by atoms with E-state index in [0.29, 0.717) is 6.54 Å². The Morgan fingerprint density at radius 3 is 3.00 bits per heavy atom. The van der Waals surface area contributed by atoms with Crippen molar-refractivity contribution in [1.82, 2.24) is 4.98 Å². The molecule has 0 saturated carbocycles. The monoisotopic (exact) mass is 181 g/mol. The van der Waals surface area contributed by atoms with Gasteiger partial charge in [-0.25, -0.2) is 4.98 Å². The number of nitrogens with one attached hydrogen (secondary N) is 1. The van der Waals surface area contributed by atoms with E-state index >= 15 is 0 Å². The van der Waals surface area contributed by atoms with E-state index in [1.165, 1.54) is 0 Å². The molecule has 0 fully saturated rings. The molecule has 0 aromatic carbocycles. The van der Waals surface area contributed by atoms with Crippen LogP contribution >= 0.6 is 0 Å². The van der Waals surface area contributed by atoms with Gasteiger partial charge in [0.05, 0.1) is 0 Å². The number of nitrogens with two attached hydrogens (primary N) is 1. The van der Waals surface area contributed by atoms with Gasteiger partial charge in [0, 0.05) is 31.1 Å². The van der Waals surface area contributed by atoms with Crippen LogP contribution in [-0.4, -0.2) is 23.2 Å². The number of aromatic nitrogens is 1. The van der Waals surface area contributed by atoms with Crippen LogP contribution in [0.3, 0.4) is 0 Å². The van der Waals surface area contributed by atoms with E-state index in [0.717, 1.165) is 23.5 Å². The number of pyridine rings is 1. The van der Waals surface area contributed by atoms with Gasteiger partial charge in [0.1, 0.15) is 5.82 Å². The molecule has 4 nitrogen and oxygen atoms in total. The van der Waals surface area contributed by atoms with Gasteiger partial charge < -0.3 is 16.2 Å². The Morgan fingerprint density at radius 2 is 2.38 bits per heavy atom. The second kappa shape index (κ2) is 4.67. The maximum atomic E-state index is 8.56. The highest BCUT2D eigenvalue weighted by atomic mass is 16.3. The van der Waals surface area contributed by atoms with Crippen LogP contribution in [0.2, 0.25) is 0 Å². The molecule has 1 aromatic rings. The van der Waals surface area contributed by atoms with Crippen molar-refractivity contribution >= 4 is 11.5 Å². The largest absolute Gasteiger partial charge is 0.398 e. The van der Waals surface area contributed by atoms with Gasteiger partial charge in [-0.15, -0.1) is 0 Å². The Morgan fingerprint density at radius 1 is 1.62 bits per heavy atom. The predicted octanol–water partition coefficient (Wildman–Crippen LogP) is 0.767. The number of anilines is 2. The lowest BCUT2D eigenvalue weighted by Gasteiger charge is -2.06. The zero-order chi connectivity index (χ0) is 9.68. The molecular weight excluding hydrogens is 166 g/mol. The first-order chi connectivity index (χ1) is 6.24. The molecule has 4 N–H and O–H groups in total. The van der Waals surface area contributed by atoms with E-state index < -0.39 is 0 Å². The molecule has 1 rings (SSSR count). The third kappa shape index (κ3) is 2.91. The van der Waals surface area contributed by atoms with Gasteiger partial charge in [-0.3, -0.25) is 0 Å². The van der Waals surface area contributed by atoms with E-state index in [1.54, 1.807) is 12.3 Å². The SMILES string of the molecule is Cc1cnc(NCCCO)cc1N. The molecule has 0 amide bonds. The molecule has 0 saturated heterocycles. The normalized spacial score (nSPS) is 10.0. The molecule has 0 radical (unpaired) electrons. The van der Waals surface area contributed by atoms with Gasteiger partial charge in [0.2, 0.25) is 0 Å². The molecule has 4 heteroatoms. The zero-order valence-corrected chi connectivity index (χ0v) is 7.75. The molecule has 0 atom stereocenters. The van der Waals surface area contributed by atoms with Crippen LogP contribution in [0.25, 0.3) is 0 Å². The van der Waals surface area contributed by atoms with Crippen molar-refractivity contribution < 1.29 is 5.11 Å². The molecule has 0 spiro atoms. The standard InChI is InChI=1S/C9H15N3O/c1-7-6-12-9(5-8(7)10)11-3-2-4-13/h5-6,13H,2-4H2,1H3,(H3,10,11,12). The number of aryl methyl sites for hydroxylation is 1. The van der Waals surface area contributed by atoms with Gasteiger partial charge in [-0.1, -0.05) is 0 Å². The quantitative estimate of drug-likeness (QED) is 0.600. The number of hydrogen-bond acceptors (Lipinski definition) is 4. The number of aliphatic hydroxyl groups excluding tert-OH is 1. The Hall–Kier alpha value is -1.29. The van der Waals surface area contributed by atoms with E-state index in [9.17, 15) is 0 Å². The molecule has 0 aliphatic rings. The fraction of sp³-hybridized carbons (Fsp3) is 0.444. The van der Waals surface area contributed by atoms with Gasteiger partial charge in [0.25, 0.3) is 0 Å². The molecular formula is C9H15N3O. The van der Waals surface area contributed by atoms with Crippen molar-refractivity contribution in [2.75, 3.05) is 24.2 Å². The summed E-state index contributed by atoms with van der Waals surface area (Å²) in [5.74, 6) is 0.761. The summed E-state index contributed by atoms with van der Waals surface area (Å²) >= 11 is 0. The number of hydrogen-bond donors (Lipinski definition) is 3. The molecule has 0 aliphatic heterocycles. The van der Waals surface area contributed by atoms with Crippen molar-refractivity contribution in [1.29, 1.82) is 0 Å². The smallest absolute Gasteiger partial charge is 0.127 e. The summed E-state index contributed by atoms with van der Waals surface area (Å²) in [5, 5.41) is 11.6. The maximum Gasteiger partial charge on any atom is 0.127 e. The second-order valence-corrected chi connectivity index (χ2v) is 2.93. The summed E-state index contributed by atoms with van der Waals surface area (Å²) in [6, 6.07) is 1.80. The van der Waals surface area contributed by atoms with Crippen LogP contribution in [0, 0.1) is 6.92 Å². The first kappa shape index (κ1) is 9.80. The van der Waals surface area contributed by atoms with Crippen molar-refractivity contribution in [2.24, 2.45) is 0 Å². The molecule has 13 heavy (non-hydrogen) atoms. The summed E-state index contributed by atoms with van der Waals surface area (Å²) in [6.07, 6.45) is 2.45. The van der Waals surface area contributed by atoms with Crippen LogP contribution in [0.4, 0.5) is 11.5 Å². The fourth-order valence-corrected chi connectivity index (χ4v) is 0.931. The highest BCUT2D eigenvalue weighted by molar-refractivity contribution is 5.53. The number of aliphatic hydroxyl groups is 1. The van der Waals surface area contributed by atoms with Crippen molar-refractivity contribution in [3.63, 3.8) is 0 Å². The molecule has 72 valence electrons. The van der Waals surface area contributed by atoms with E-state index in [4.69, 9.17) is 10.8 Å². The van der Waals surface area contributed by atoms with Gasteiger partial charge in [-0.2, -0.15) is 0 Å². The van der Waals surface area contributed by atoms with Crippen molar-refractivity contribution in [2.45, 2.75) is 13.3 Å². The van der Waals surface area contributed by atoms with Crippen LogP contribution < -0.4 is 11.1 Å². The Kier molecular flexibility index (Phi) is 3.52. The summed E-state index contributed by atoms with van der Waals surface area (Å²) in [6.45, 7) is 2.82. The number of rotatable bonds is 4. The first-order valence-corrected chi connectivity index (χ1v) is 4.31. The average molecular weight is 181 g/mol. The van der Waals surface area contributed by atoms with E-state index in [2.05, 4.69) is 10.3 Å². The van der Waals surface area contributed by atoms with Gasteiger partial charge in [0.15, 0.2) is 0 Å². The molecule has 0 aliphatic carbocycles. The lowest BCUT2D eigenvalue weighted by atomic mass is 10.2. The maximum absolute atomic E-state index is 8.56. The predicted molar refractivity (Wildman–Crippen MR) is 53.6 cm³/mol. The third-order valence-electron chi connectivity index (χ3n) is 1.79. The van der Waals surface area contributed by atoms with Crippen LogP contribution in [0.5, 0.6) is 0 Å². The Bertz CT molecular complexity index is 276. The average Bonchev–Trinajstić information content (AvgIpc) is 2.12. The molecule has 1 heterocycles. The highest BCUT2D eigenvalue weighted by Gasteiger charge is 1.96. The molecule has 0 unspecified atom stereocenters. The van der Waals surface area contributed by atoms with E-state index in [-0.39, 0.29) is 6.61 Å². The number of nitrogens with zero attached hydrogens (tertiary/aromatic N) is 1. The Balaban J connectivity index is 2.53. The summed E-state index contributed by atoms with van der Waals surface area (Å²) < 4.78 is 0. The van der Waals surface area contributed by atoms with Crippen LogP contribution in [0.1, 0.15) is 12.0 Å². The first-order valence-electron chi connectivity index (χ1n) is 4.31. The van der Waals surface area contributed by atoms with Crippen molar-refractivity contribution in [3.8, 4) is 0 Å². The topological polar surface area (TPSA) is 71.2 Å². The van der Waals surface area contributed by atoms with Crippen LogP contribution in [-0.2, 0) is 0 Å². The minimum atomic E-state index is 0.189. The summed E-state index contributed by atoms with van der Waals surface area (Å²) in [4.78, 5) is 4.14. The summed E-state index contributed by atoms with van der Waals surface area (Å²) in [5.41, 5.74) is 7.41. The van der Waals surface area contributed by atoms with E-state index in [1.807, 2.05) is 6.92 Å². The highest BCUT2D eigenvalue weighted by Crippen LogP contribution is 2.13. The third-order valence-corrected chi connectivity index (χ3v) is 1.79. The molecule has 1 aromatic heterocycles. The zero-order valence-electron chi connectivity index (χ0n) is 7.75. The van der Waals surface area contributed by atoms with Crippen LogP contribution in [0.15, 0.2) is 12.3 Å². The molecule has 0 bridgehead atoms. The fourth-order valence-electron chi connectivity index (χ4n) is 0.931. The second-order valence-electron chi connectivity index (χ2n) is 2.93. The lowest BCUT2D eigenvalue weighted by Crippen LogP contribution is -2.05. The Labute approximate surface area is 77.8 Å². The van der Waals surface area contributed by atoms with Gasteiger partial charge in [-0.05, 0) is 18.9 Å². The van der Waals surface area contributed by atoms with Crippen molar-refractivity contribution in [3.05, 3.63) is 17.8 Å². The number of nitrogen functional groups attached to an aromatic ring is 1. The summed E-state index contributed by atoms with van der Waals surface area (Å²) in [7, 11) is 0. The minimum Gasteiger partial charge on any atom is -0.398 e.